The van der Waals surface area contributed by atoms with Gasteiger partial charge < -0.3 is 9.84 Å². The maximum atomic E-state index is 11.7. The van der Waals surface area contributed by atoms with Crippen molar-refractivity contribution in [3.63, 3.8) is 0 Å². The standard InChI is InChI=1S/C15H20O3/c16-13-8-4-5-9-14(13)18-15(17)11-10-12-6-2-1-3-7-12/h1-3,6-7,13-14,16H,4-5,8-11H2/t13-,14-/m1/s1. The Kier molecular flexibility index (Phi) is 4.76. The number of esters is 1. The molecule has 0 aromatic heterocycles. The molecular formula is C15H20O3. The van der Waals surface area contributed by atoms with Gasteiger partial charge in [-0.3, -0.25) is 4.79 Å². The van der Waals surface area contributed by atoms with Gasteiger partial charge in [-0.15, -0.1) is 0 Å². The van der Waals surface area contributed by atoms with Crippen molar-refractivity contribution in [1.29, 1.82) is 0 Å². The first-order valence-corrected chi connectivity index (χ1v) is 6.67. The molecule has 1 aliphatic rings. The minimum absolute atomic E-state index is 0.204. The zero-order chi connectivity index (χ0) is 12.8. The quantitative estimate of drug-likeness (QED) is 0.833. The summed E-state index contributed by atoms with van der Waals surface area (Å²) in [5, 5.41) is 9.73. The van der Waals surface area contributed by atoms with Gasteiger partial charge >= 0.3 is 5.97 Å². The van der Waals surface area contributed by atoms with Crippen LogP contribution in [0.2, 0.25) is 0 Å². The summed E-state index contributed by atoms with van der Waals surface area (Å²) in [6.07, 6.45) is 3.92. The fourth-order valence-electron chi connectivity index (χ4n) is 2.33. The number of hydrogen-bond donors (Lipinski definition) is 1. The molecule has 2 atom stereocenters. The van der Waals surface area contributed by atoms with Crippen LogP contribution in [0.5, 0.6) is 0 Å². The predicted molar refractivity (Wildman–Crippen MR) is 69.1 cm³/mol. The number of aliphatic hydroxyl groups excluding tert-OH is 1. The number of carbonyl (C=O) groups excluding carboxylic acids is 1. The summed E-state index contributed by atoms with van der Waals surface area (Å²) < 4.78 is 5.34. The molecule has 0 unspecified atom stereocenters. The minimum atomic E-state index is -0.473. The van der Waals surface area contributed by atoms with Crippen LogP contribution in [0.25, 0.3) is 0 Å². The van der Waals surface area contributed by atoms with E-state index >= 15 is 0 Å². The summed E-state index contributed by atoms with van der Waals surface area (Å²) in [5.74, 6) is -0.204. The van der Waals surface area contributed by atoms with Crippen molar-refractivity contribution in [3.8, 4) is 0 Å². The van der Waals surface area contributed by atoms with E-state index < -0.39 is 6.10 Å². The maximum absolute atomic E-state index is 11.7. The zero-order valence-corrected chi connectivity index (χ0v) is 10.5. The van der Waals surface area contributed by atoms with Crippen LogP contribution in [0.1, 0.15) is 37.7 Å². The highest BCUT2D eigenvalue weighted by Gasteiger charge is 2.26. The van der Waals surface area contributed by atoms with Crippen molar-refractivity contribution in [3.05, 3.63) is 35.9 Å². The number of carbonyl (C=O) groups is 1. The van der Waals surface area contributed by atoms with Crippen LogP contribution in [-0.2, 0) is 16.0 Å². The van der Waals surface area contributed by atoms with Gasteiger partial charge in [0.2, 0.25) is 0 Å². The Hall–Kier alpha value is -1.35. The Morgan fingerprint density at radius 2 is 1.94 bits per heavy atom. The summed E-state index contributed by atoms with van der Waals surface area (Å²) in [5.41, 5.74) is 1.14. The van der Waals surface area contributed by atoms with Crippen molar-refractivity contribution in [2.75, 3.05) is 0 Å². The average molecular weight is 248 g/mol. The van der Waals surface area contributed by atoms with Crippen LogP contribution in [0.3, 0.4) is 0 Å². The minimum Gasteiger partial charge on any atom is -0.460 e. The number of aryl methyl sites for hydroxylation is 1. The second kappa shape index (κ2) is 6.55. The molecule has 0 heterocycles. The summed E-state index contributed by atoms with van der Waals surface area (Å²) in [6.45, 7) is 0. The van der Waals surface area contributed by atoms with Gasteiger partial charge in [0.1, 0.15) is 6.10 Å². The molecule has 98 valence electrons. The van der Waals surface area contributed by atoms with Crippen molar-refractivity contribution in [2.45, 2.75) is 50.7 Å². The molecule has 0 radical (unpaired) electrons. The molecule has 1 aromatic rings. The van der Waals surface area contributed by atoms with E-state index in [1.807, 2.05) is 30.3 Å². The number of hydrogen-bond acceptors (Lipinski definition) is 3. The van der Waals surface area contributed by atoms with Crippen LogP contribution >= 0.6 is 0 Å². The van der Waals surface area contributed by atoms with Gasteiger partial charge in [-0.2, -0.15) is 0 Å². The Morgan fingerprint density at radius 1 is 1.22 bits per heavy atom. The summed E-state index contributed by atoms with van der Waals surface area (Å²) in [6, 6.07) is 9.89. The SMILES string of the molecule is O=C(CCc1ccccc1)O[C@@H]1CCCC[C@H]1O. The molecule has 0 spiro atoms. The third-order valence-electron chi connectivity index (χ3n) is 3.41. The highest BCUT2D eigenvalue weighted by molar-refractivity contribution is 5.70. The third kappa shape index (κ3) is 3.84. The lowest BCUT2D eigenvalue weighted by atomic mass is 9.95. The van der Waals surface area contributed by atoms with Gasteiger partial charge in [0.25, 0.3) is 0 Å². The largest absolute Gasteiger partial charge is 0.460 e. The van der Waals surface area contributed by atoms with Gasteiger partial charge in [-0.05, 0) is 31.2 Å². The first kappa shape index (κ1) is 13.1. The van der Waals surface area contributed by atoms with Crippen molar-refractivity contribution >= 4 is 5.97 Å². The van der Waals surface area contributed by atoms with E-state index in [1.54, 1.807) is 0 Å². The lowest BCUT2D eigenvalue weighted by Gasteiger charge is -2.27. The Balaban J connectivity index is 1.75. The summed E-state index contributed by atoms with van der Waals surface area (Å²) in [4.78, 5) is 11.7. The van der Waals surface area contributed by atoms with E-state index in [0.29, 0.717) is 12.8 Å². The molecular weight excluding hydrogens is 228 g/mol. The Bertz CT molecular complexity index is 375. The molecule has 1 aliphatic carbocycles. The second-order valence-electron chi connectivity index (χ2n) is 4.87. The Labute approximate surface area is 108 Å². The molecule has 2 rings (SSSR count). The number of aliphatic hydroxyl groups is 1. The molecule has 0 amide bonds. The van der Waals surface area contributed by atoms with Gasteiger partial charge in [0.15, 0.2) is 0 Å². The fourth-order valence-corrected chi connectivity index (χ4v) is 2.33. The molecule has 1 aromatic carbocycles. The highest BCUT2D eigenvalue weighted by Crippen LogP contribution is 2.21. The van der Waals surface area contributed by atoms with Crippen LogP contribution in [0.4, 0.5) is 0 Å². The number of ether oxygens (including phenoxy) is 1. The maximum Gasteiger partial charge on any atom is 0.306 e. The number of rotatable bonds is 4. The molecule has 1 saturated carbocycles. The van der Waals surface area contributed by atoms with E-state index in [4.69, 9.17) is 4.74 Å². The average Bonchev–Trinajstić information content (AvgIpc) is 2.40. The molecule has 0 saturated heterocycles. The van der Waals surface area contributed by atoms with Crippen LogP contribution in [0.15, 0.2) is 30.3 Å². The van der Waals surface area contributed by atoms with E-state index in [1.165, 1.54) is 0 Å². The topological polar surface area (TPSA) is 46.5 Å². The predicted octanol–water partition coefficient (Wildman–Crippen LogP) is 2.47. The molecule has 1 fully saturated rings. The molecule has 3 nitrogen and oxygen atoms in total. The third-order valence-corrected chi connectivity index (χ3v) is 3.41. The summed E-state index contributed by atoms with van der Waals surface area (Å²) in [7, 11) is 0. The normalized spacial score (nSPS) is 23.6. The van der Waals surface area contributed by atoms with Gasteiger partial charge in [0.05, 0.1) is 6.10 Å². The molecule has 18 heavy (non-hydrogen) atoms. The van der Waals surface area contributed by atoms with Crippen LogP contribution in [-0.4, -0.2) is 23.3 Å². The molecule has 0 bridgehead atoms. The first-order chi connectivity index (χ1) is 8.75. The van der Waals surface area contributed by atoms with E-state index in [-0.39, 0.29) is 12.1 Å². The van der Waals surface area contributed by atoms with E-state index in [0.717, 1.165) is 31.2 Å². The van der Waals surface area contributed by atoms with Gasteiger partial charge in [-0.25, -0.2) is 0 Å². The highest BCUT2D eigenvalue weighted by atomic mass is 16.6. The fraction of sp³-hybridized carbons (Fsp3) is 0.533. The molecule has 1 N–H and O–H groups in total. The molecule has 3 heteroatoms. The van der Waals surface area contributed by atoms with Gasteiger partial charge in [-0.1, -0.05) is 36.8 Å². The van der Waals surface area contributed by atoms with Gasteiger partial charge in [0, 0.05) is 6.42 Å². The lowest BCUT2D eigenvalue weighted by molar-refractivity contribution is -0.157. The summed E-state index contributed by atoms with van der Waals surface area (Å²) >= 11 is 0. The van der Waals surface area contributed by atoms with Crippen LogP contribution < -0.4 is 0 Å². The van der Waals surface area contributed by atoms with Crippen molar-refractivity contribution in [1.82, 2.24) is 0 Å². The lowest BCUT2D eigenvalue weighted by Crippen LogP contribution is -2.34. The second-order valence-corrected chi connectivity index (χ2v) is 4.87. The van der Waals surface area contributed by atoms with E-state index in [9.17, 15) is 9.90 Å². The monoisotopic (exact) mass is 248 g/mol. The van der Waals surface area contributed by atoms with Crippen molar-refractivity contribution < 1.29 is 14.6 Å². The smallest absolute Gasteiger partial charge is 0.306 e. The number of benzene rings is 1. The first-order valence-electron chi connectivity index (χ1n) is 6.67. The van der Waals surface area contributed by atoms with Crippen molar-refractivity contribution in [2.24, 2.45) is 0 Å². The van der Waals surface area contributed by atoms with Crippen LogP contribution in [0, 0.1) is 0 Å². The van der Waals surface area contributed by atoms with E-state index in [2.05, 4.69) is 0 Å². The Morgan fingerprint density at radius 3 is 2.67 bits per heavy atom. The molecule has 0 aliphatic heterocycles. The zero-order valence-electron chi connectivity index (χ0n) is 10.5.